The van der Waals surface area contributed by atoms with Gasteiger partial charge in [-0.05, 0) is 125 Å². The maximum absolute atomic E-state index is 13.7. The van der Waals surface area contributed by atoms with E-state index in [0.29, 0.717) is 24.6 Å². The van der Waals surface area contributed by atoms with Crippen LogP contribution in [0.3, 0.4) is 0 Å². The Hall–Kier alpha value is -6.16. The molecule has 0 aliphatic carbocycles. The largest absolute Gasteiger partial charge is 0.481 e. The molecule has 342 valence electrons. The van der Waals surface area contributed by atoms with Gasteiger partial charge >= 0.3 is 24.2 Å². The van der Waals surface area contributed by atoms with E-state index in [1.54, 1.807) is 46.4 Å². The third kappa shape index (κ3) is 12.1. The molecular weight excluding hydrogens is 839 g/mol. The highest BCUT2D eigenvalue weighted by Gasteiger charge is 2.47. The van der Waals surface area contributed by atoms with Gasteiger partial charge in [0.25, 0.3) is 0 Å². The summed E-state index contributed by atoms with van der Waals surface area (Å²) in [6.45, 7) is 11.0. The Morgan fingerprint density at radius 1 is 0.719 bits per heavy atom. The number of aliphatic carboxylic acids is 1. The van der Waals surface area contributed by atoms with Crippen molar-refractivity contribution >= 4 is 24.2 Å². The molecule has 0 bridgehead atoms. The van der Waals surface area contributed by atoms with Crippen molar-refractivity contribution in [2.24, 2.45) is 5.92 Å². The van der Waals surface area contributed by atoms with Crippen molar-refractivity contribution in [2.75, 3.05) is 0 Å². The van der Waals surface area contributed by atoms with E-state index in [1.807, 2.05) is 48.5 Å². The second kappa shape index (κ2) is 19.3. The first kappa shape index (κ1) is 47.3. The summed E-state index contributed by atoms with van der Waals surface area (Å²) in [7, 11) is 0. The van der Waals surface area contributed by atoms with Crippen molar-refractivity contribution in [3.05, 3.63) is 142 Å². The summed E-state index contributed by atoms with van der Waals surface area (Å²) in [6.07, 6.45) is -3.47. The molecule has 64 heavy (non-hydrogen) atoms. The number of halogens is 4. The molecule has 3 aliphatic rings. The zero-order valence-corrected chi connectivity index (χ0v) is 36.4. The van der Waals surface area contributed by atoms with Gasteiger partial charge in [0.1, 0.15) is 40.6 Å². The van der Waals surface area contributed by atoms with Crippen LogP contribution in [0.1, 0.15) is 74.9 Å². The molecule has 4 aromatic rings. The number of ether oxygens (including phenoxy) is 3. The van der Waals surface area contributed by atoms with Crippen molar-refractivity contribution < 1.29 is 61.2 Å². The van der Waals surface area contributed by atoms with Gasteiger partial charge in [0, 0.05) is 25.2 Å². The molecule has 1 saturated heterocycles. The fourth-order valence-electron chi connectivity index (χ4n) is 8.31. The molecule has 1 fully saturated rings. The normalized spacial score (nSPS) is 20.3. The summed E-state index contributed by atoms with van der Waals surface area (Å²) in [5.41, 5.74) is 2.83. The van der Waals surface area contributed by atoms with E-state index in [9.17, 15) is 47.0 Å². The second-order valence-electron chi connectivity index (χ2n) is 18.3. The average Bonchev–Trinajstić information content (AvgIpc) is 3.55. The molecule has 0 spiro atoms. The zero-order valence-electron chi connectivity index (χ0n) is 36.4. The lowest BCUT2D eigenvalue weighted by Crippen LogP contribution is -2.55. The minimum Gasteiger partial charge on any atom is -0.481 e. The van der Waals surface area contributed by atoms with Crippen LogP contribution in [-0.2, 0) is 57.8 Å². The number of fused-ring (bicyclic) bond motifs is 2. The van der Waals surface area contributed by atoms with E-state index in [-0.39, 0.29) is 31.4 Å². The molecule has 0 unspecified atom stereocenters. The van der Waals surface area contributed by atoms with Gasteiger partial charge in [0.05, 0.1) is 30.1 Å². The number of alkyl carbamates (subject to hydrolysis) is 1. The predicted octanol–water partition coefficient (Wildman–Crippen LogP) is 8.28. The van der Waals surface area contributed by atoms with E-state index in [1.165, 1.54) is 17.0 Å². The summed E-state index contributed by atoms with van der Waals surface area (Å²) in [4.78, 5) is 53.1. The molecule has 3 amide bonds. The molecule has 3 heterocycles. The fourth-order valence-corrected chi connectivity index (χ4v) is 8.31. The number of cyclic esters (lactones) is 1. The smallest absolute Gasteiger partial charge is 0.410 e. The van der Waals surface area contributed by atoms with E-state index in [0.717, 1.165) is 40.5 Å². The second-order valence-corrected chi connectivity index (χ2v) is 18.3. The van der Waals surface area contributed by atoms with E-state index in [2.05, 4.69) is 5.32 Å². The quantitative estimate of drug-likeness (QED) is 0.117. The van der Waals surface area contributed by atoms with Crippen LogP contribution in [-0.4, -0.2) is 85.8 Å². The average molecular weight is 892 g/mol. The van der Waals surface area contributed by atoms with Crippen LogP contribution in [0.2, 0.25) is 0 Å². The van der Waals surface area contributed by atoms with Crippen LogP contribution < -0.4 is 5.32 Å². The monoisotopic (exact) mass is 891 g/mol. The third-order valence-electron chi connectivity index (χ3n) is 11.0. The topological polar surface area (TPSA) is 155 Å². The number of carboxylic acid groups (broad SMARTS) is 1. The molecule has 12 nitrogen and oxygen atoms in total. The van der Waals surface area contributed by atoms with Gasteiger partial charge in [0.15, 0.2) is 0 Å². The number of benzene rings is 4. The molecule has 0 radical (unpaired) electrons. The predicted molar refractivity (Wildman–Crippen MR) is 226 cm³/mol. The number of hydrogen-bond acceptors (Lipinski definition) is 8. The number of carbonyl (C=O) groups excluding carboxylic acids is 3. The number of hydrogen-bond donors (Lipinski definition) is 3. The lowest BCUT2D eigenvalue weighted by Gasteiger charge is -2.41. The highest BCUT2D eigenvalue weighted by Crippen LogP contribution is 2.33. The van der Waals surface area contributed by atoms with Gasteiger partial charge in [-0.15, -0.1) is 0 Å². The Balaban J connectivity index is 0.000000213. The number of carbonyl (C=O) groups is 4. The molecule has 3 N–H and O–H groups in total. The van der Waals surface area contributed by atoms with Crippen molar-refractivity contribution in [2.45, 2.75) is 122 Å². The van der Waals surface area contributed by atoms with Crippen LogP contribution in [0.25, 0.3) is 0 Å². The number of nitrogens with one attached hydrogen (secondary N) is 1. The van der Waals surface area contributed by atoms with Gasteiger partial charge < -0.3 is 29.7 Å². The zero-order chi connectivity index (χ0) is 46.7. The van der Waals surface area contributed by atoms with Gasteiger partial charge in [0.2, 0.25) is 0 Å². The number of rotatable bonds is 8. The van der Waals surface area contributed by atoms with Crippen molar-refractivity contribution in [3.8, 4) is 0 Å². The number of aliphatic hydroxyl groups is 1. The molecule has 0 aromatic heterocycles. The summed E-state index contributed by atoms with van der Waals surface area (Å²) < 4.78 is 71.3. The molecule has 4 aromatic carbocycles. The van der Waals surface area contributed by atoms with Crippen LogP contribution in [0.4, 0.5) is 31.9 Å². The lowest BCUT2D eigenvalue weighted by atomic mass is 9.83. The van der Waals surface area contributed by atoms with Crippen molar-refractivity contribution in [1.29, 1.82) is 0 Å². The van der Waals surface area contributed by atoms with E-state index in [4.69, 9.17) is 14.2 Å². The van der Waals surface area contributed by atoms with Crippen LogP contribution in [0.15, 0.2) is 84.9 Å². The van der Waals surface area contributed by atoms with Gasteiger partial charge in [-0.1, -0.05) is 48.5 Å². The van der Waals surface area contributed by atoms with Gasteiger partial charge in [-0.25, -0.2) is 31.9 Å². The fraction of sp³-hybridized carbons (Fsp3) is 0.417. The third-order valence-corrected chi connectivity index (χ3v) is 11.0. The van der Waals surface area contributed by atoms with Gasteiger partial charge in [-0.3, -0.25) is 14.6 Å². The first-order chi connectivity index (χ1) is 30.0. The SMILES string of the molecule is CC(C)(C)OC(=O)N1Cc2ccccc2C[C@@H]1[C@@H](O)[C@H](Cc1cc(F)cc(F)c1)C(=O)O.CC(C)(C)OC(=O)N1Cc2ccccc2C[C@@H]1[C@H]1OC(=O)N[C@H]1Cc1cc(F)cc(F)c1. The highest BCUT2D eigenvalue weighted by molar-refractivity contribution is 5.73. The Kier molecular flexibility index (Phi) is 14.3. The first-order valence-electron chi connectivity index (χ1n) is 20.9. The molecule has 6 atom stereocenters. The maximum Gasteiger partial charge on any atom is 0.410 e. The van der Waals surface area contributed by atoms with Crippen molar-refractivity contribution in [1.82, 2.24) is 15.1 Å². The number of carboxylic acids is 1. The molecular formula is C48H53F4N3O9. The maximum atomic E-state index is 13.7. The minimum absolute atomic E-state index is 0.106. The summed E-state index contributed by atoms with van der Waals surface area (Å²) in [5.74, 6) is -5.77. The Morgan fingerprint density at radius 3 is 1.67 bits per heavy atom. The van der Waals surface area contributed by atoms with E-state index < -0.39 is 95.0 Å². The van der Waals surface area contributed by atoms with Gasteiger partial charge in [-0.2, -0.15) is 0 Å². The highest BCUT2D eigenvalue weighted by atomic mass is 19.1. The van der Waals surface area contributed by atoms with Crippen LogP contribution in [0.5, 0.6) is 0 Å². The summed E-state index contributed by atoms with van der Waals surface area (Å²) in [5, 5.41) is 23.7. The Morgan fingerprint density at radius 2 is 1.17 bits per heavy atom. The minimum atomic E-state index is -1.50. The van der Waals surface area contributed by atoms with Crippen LogP contribution >= 0.6 is 0 Å². The molecule has 7 rings (SSSR count). The Bertz CT molecular complexity index is 2330. The summed E-state index contributed by atoms with van der Waals surface area (Å²) in [6, 6.07) is 19.2. The first-order valence-corrected chi connectivity index (χ1v) is 20.9. The number of aliphatic hydroxyl groups excluding tert-OH is 1. The van der Waals surface area contributed by atoms with Crippen molar-refractivity contribution in [3.63, 3.8) is 0 Å². The molecule has 16 heteroatoms. The Labute approximate surface area is 369 Å². The molecule has 3 aliphatic heterocycles. The molecule has 0 saturated carbocycles. The van der Waals surface area contributed by atoms with E-state index >= 15 is 0 Å². The summed E-state index contributed by atoms with van der Waals surface area (Å²) >= 11 is 0. The standard InChI is InChI=1S/C24H26F2N2O4.C24H27F2NO5/c1-24(2,3)32-23(30)28-13-16-7-5-4-6-15(16)11-20(28)21-19(27-22(29)31-21)10-14-8-17(25)12-18(26)9-14;1-24(2,3)32-23(31)27-13-16-7-5-4-6-15(16)11-20(27)21(28)19(22(29)30)10-14-8-17(25)12-18(26)9-14/h4-9,12,19-21H,10-11,13H2,1-3H3,(H,27,29);4-9,12,19-21,28H,10-11,13H2,1-3H3,(H,29,30)/t2*19-,20+,21-/m00/s1. The number of nitrogens with zero attached hydrogens (tertiary/aromatic N) is 2. The van der Waals surface area contributed by atoms with Crippen LogP contribution in [0, 0.1) is 29.2 Å². The lowest BCUT2D eigenvalue weighted by molar-refractivity contribution is -0.148. The number of amides is 3.